The molecule has 4 heteroatoms. The molecule has 0 aliphatic heterocycles. The predicted molar refractivity (Wildman–Crippen MR) is 49.9 cm³/mol. The fourth-order valence-electron chi connectivity index (χ4n) is 0.856. The van der Waals surface area contributed by atoms with E-state index in [1.165, 1.54) is 30.5 Å². The van der Waals surface area contributed by atoms with E-state index in [-0.39, 0.29) is 5.82 Å². The average molecular weight is 195 g/mol. The van der Waals surface area contributed by atoms with Gasteiger partial charge >= 0.3 is 5.97 Å². The first-order chi connectivity index (χ1) is 6.72. The van der Waals surface area contributed by atoms with Gasteiger partial charge in [-0.3, -0.25) is 4.98 Å². The normalized spacial score (nSPS) is 10.4. The number of ether oxygens (including phenoxy) is 1. The fraction of sp³-hybridized carbons (Fsp3) is 0.200. The second-order valence-corrected chi connectivity index (χ2v) is 2.48. The Bertz CT molecular complexity index is 350. The van der Waals surface area contributed by atoms with Gasteiger partial charge < -0.3 is 4.74 Å². The summed E-state index contributed by atoms with van der Waals surface area (Å²) in [7, 11) is 0. The molecule has 3 nitrogen and oxygen atoms in total. The Labute approximate surface area is 81.2 Å². The number of pyridine rings is 1. The Kier molecular flexibility index (Phi) is 3.79. The van der Waals surface area contributed by atoms with Gasteiger partial charge in [0.1, 0.15) is 5.82 Å². The lowest BCUT2D eigenvalue weighted by atomic mass is 10.3. The van der Waals surface area contributed by atoms with E-state index in [1.807, 2.05) is 0 Å². The maximum absolute atomic E-state index is 12.6. The third-order valence-corrected chi connectivity index (χ3v) is 1.42. The Morgan fingerprint density at radius 3 is 3.14 bits per heavy atom. The zero-order valence-electron chi connectivity index (χ0n) is 7.74. The van der Waals surface area contributed by atoms with Crippen molar-refractivity contribution in [2.24, 2.45) is 0 Å². The van der Waals surface area contributed by atoms with E-state index in [2.05, 4.69) is 9.72 Å². The van der Waals surface area contributed by atoms with Crippen LogP contribution in [-0.2, 0) is 9.53 Å². The van der Waals surface area contributed by atoms with Crippen molar-refractivity contribution in [3.8, 4) is 0 Å². The number of carbonyl (C=O) groups is 1. The summed E-state index contributed by atoms with van der Waals surface area (Å²) in [5.74, 6) is -0.845. The summed E-state index contributed by atoms with van der Waals surface area (Å²) in [6, 6.07) is 2.47. The number of rotatable bonds is 3. The highest BCUT2D eigenvalue weighted by atomic mass is 19.1. The Balaban J connectivity index is 2.64. The standard InChI is InChI=1S/C10H10FNO2/c1-2-14-10(13)4-3-9-7-8(11)5-6-12-9/h3-7H,2H2,1H3/b4-3+. The molecule has 0 aromatic carbocycles. The number of esters is 1. The van der Waals surface area contributed by atoms with Gasteiger partial charge in [0, 0.05) is 12.3 Å². The van der Waals surface area contributed by atoms with Crippen molar-refractivity contribution in [3.63, 3.8) is 0 Å². The van der Waals surface area contributed by atoms with Crippen LogP contribution in [0.15, 0.2) is 24.4 Å². The van der Waals surface area contributed by atoms with Crippen LogP contribution in [0, 0.1) is 5.82 Å². The highest BCUT2D eigenvalue weighted by Crippen LogP contribution is 2.01. The molecule has 0 amide bonds. The first-order valence-electron chi connectivity index (χ1n) is 4.18. The monoisotopic (exact) mass is 195 g/mol. The highest BCUT2D eigenvalue weighted by Gasteiger charge is 1.95. The third kappa shape index (κ3) is 3.35. The lowest BCUT2D eigenvalue weighted by Crippen LogP contribution is -1.98. The lowest BCUT2D eigenvalue weighted by molar-refractivity contribution is -0.137. The molecule has 0 atom stereocenters. The molecule has 0 bridgehead atoms. The summed E-state index contributed by atoms with van der Waals surface area (Å²) in [6.07, 6.45) is 3.95. The van der Waals surface area contributed by atoms with Crippen LogP contribution in [0.4, 0.5) is 4.39 Å². The first kappa shape index (κ1) is 10.4. The second kappa shape index (κ2) is 5.11. The summed E-state index contributed by atoms with van der Waals surface area (Å²) < 4.78 is 17.3. The minimum atomic E-state index is -0.460. The molecule has 1 rings (SSSR count). The molecule has 1 aromatic rings. The van der Waals surface area contributed by atoms with Crippen LogP contribution in [0.1, 0.15) is 12.6 Å². The molecule has 0 saturated carbocycles. The van der Waals surface area contributed by atoms with Crippen LogP contribution < -0.4 is 0 Å². The van der Waals surface area contributed by atoms with Gasteiger partial charge in [-0.1, -0.05) is 0 Å². The third-order valence-electron chi connectivity index (χ3n) is 1.42. The summed E-state index contributed by atoms with van der Waals surface area (Å²) >= 11 is 0. The Morgan fingerprint density at radius 1 is 1.71 bits per heavy atom. The molecule has 0 N–H and O–H groups in total. The number of halogens is 1. The molecular formula is C10H10FNO2. The largest absolute Gasteiger partial charge is 0.463 e. The average Bonchev–Trinajstić information content (AvgIpc) is 2.15. The van der Waals surface area contributed by atoms with Crippen LogP contribution in [0.25, 0.3) is 6.08 Å². The van der Waals surface area contributed by atoms with E-state index in [0.29, 0.717) is 12.3 Å². The quantitative estimate of drug-likeness (QED) is 0.545. The van der Waals surface area contributed by atoms with E-state index in [1.54, 1.807) is 6.92 Å². The molecule has 0 aliphatic rings. The van der Waals surface area contributed by atoms with Crippen LogP contribution in [0.5, 0.6) is 0 Å². The van der Waals surface area contributed by atoms with E-state index in [0.717, 1.165) is 0 Å². The molecule has 0 aliphatic carbocycles. The van der Waals surface area contributed by atoms with Crippen LogP contribution >= 0.6 is 0 Å². The molecule has 14 heavy (non-hydrogen) atoms. The van der Waals surface area contributed by atoms with Gasteiger partial charge in [0.15, 0.2) is 0 Å². The number of aromatic nitrogens is 1. The molecular weight excluding hydrogens is 185 g/mol. The van der Waals surface area contributed by atoms with Gasteiger partial charge in [0.25, 0.3) is 0 Å². The number of hydrogen-bond acceptors (Lipinski definition) is 3. The fourth-order valence-corrected chi connectivity index (χ4v) is 0.856. The molecule has 0 spiro atoms. The summed E-state index contributed by atoms with van der Waals surface area (Å²) in [5, 5.41) is 0. The summed E-state index contributed by atoms with van der Waals surface area (Å²) in [4.78, 5) is 14.7. The molecule has 1 heterocycles. The van der Waals surface area contributed by atoms with Gasteiger partial charge in [-0.05, 0) is 25.1 Å². The maximum Gasteiger partial charge on any atom is 0.330 e. The number of nitrogens with zero attached hydrogens (tertiary/aromatic N) is 1. The smallest absolute Gasteiger partial charge is 0.330 e. The van der Waals surface area contributed by atoms with Crippen molar-refractivity contribution in [2.75, 3.05) is 6.61 Å². The highest BCUT2D eigenvalue weighted by molar-refractivity contribution is 5.86. The minimum Gasteiger partial charge on any atom is -0.463 e. The molecule has 0 fully saturated rings. The SMILES string of the molecule is CCOC(=O)/C=C/c1cc(F)ccn1. The van der Waals surface area contributed by atoms with E-state index < -0.39 is 5.97 Å². The van der Waals surface area contributed by atoms with Crippen molar-refractivity contribution in [1.29, 1.82) is 0 Å². The van der Waals surface area contributed by atoms with Crippen molar-refractivity contribution in [2.45, 2.75) is 6.92 Å². The predicted octanol–water partition coefficient (Wildman–Crippen LogP) is 1.80. The van der Waals surface area contributed by atoms with Crippen LogP contribution in [-0.4, -0.2) is 17.6 Å². The van der Waals surface area contributed by atoms with E-state index in [4.69, 9.17) is 0 Å². The zero-order chi connectivity index (χ0) is 10.4. The Hall–Kier alpha value is -1.71. The van der Waals surface area contributed by atoms with Gasteiger partial charge in [-0.2, -0.15) is 0 Å². The number of carbonyl (C=O) groups excluding carboxylic acids is 1. The van der Waals surface area contributed by atoms with Crippen molar-refractivity contribution >= 4 is 12.0 Å². The first-order valence-corrected chi connectivity index (χ1v) is 4.18. The van der Waals surface area contributed by atoms with Crippen LogP contribution in [0.2, 0.25) is 0 Å². The van der Waals surface area contributed by atoms with Crippen molar-refractivity contribution < 1.29 is 13.9 Å². The van der Waals surface area contributed by atoms with Crippen LogP contribution in [0.3, 0.4) is 0 Å². The lowest BCUT2D eigenvalue weighted by Gasteiger charge is -1.94. The topological polar surface area (TPSA) is 39.2 Å². The van der Waals surface area contributed by atoms with Gasteiger partial charge in [-0.25, -0.2) is 9.18 Å². The van der Waals surface area contributed by atoms with Gasteiger partial charge in [-0.15, -0.1) is 0 Å². The minimum absolute atomic E-state index is 0.319. The molecule has 74 valence electrons. The van der Waals surface area contributed by atoms with Crippen molar-refractivity contribution in [1.82, 2.24) is 4.98 Å². The summed E-state index contributed by atoms with van der Waals surface area (Å²) in [5.41, 5.74) is 0.387. The molecule has 1 aromatic heterocycles. The zero-order valence-corrected chi connectivity index (χ0v) is 7.74. The van der Waals surface area contributed by atoms with Gasteiger partial charge in [0.2, 0.25) is 0 Å². The maximum atomic E-state index is 12.6. The van der Waals surface area contributed by atoms with Crippen molar-refractivity contribution in [3.05, 3.63) is 35.9 Å². The summed E-state index contributed by atoms with van der Waals surface area (Å²) in [6.45, 7) is 2.03. The van der Waals surface area contributed by atoms with Gasteiger partial charge in [0.05, 0.1) is 12.3 Å². The molecule has 0 unspecified atom stereocenters. The number of hydrogen-bond donors (Lipinski definition) is 0. The Morgan fingerprint density at radius 2 is 2.50 bits per heavy atom. The van der Waals surface area contributed by atoms with E-state index in [9.17, 15) is 9.18 Å². The second-order valence-electron chi connectivity index (χ2n) is 2.48. The van der Waals surface area contributed by atoms with E-state index >= 15 is 0 Å². The molecule has 0 radical (unpaired) electrons. The molecule has 0 saturated heterocycles.